The fourth-order valence-electron chi connectivity index (χ4n) is 11.0. The number of rotatable bonds is 59. The molecule has 1 aliphatic heterocycles. The Bertz CT molecular complexity index is 1320. The molecule has 1 saturated heterocycles. The molecule has 0 radical (unpaired) electrons. The van der Waals surface area contributed by atoms with Gasteiger partial charge in [-0.25, -0.2) is 0 Å². The minimum atomic E-state index is -1.67. The molecule has 0 aromatic carbocycles. The zero-order chi connectivity index (χ0) is 56.8. The molecule has 1 aliphatic rings. The van der Waals surface area contributed by atoms with E-state index in [2.05, 4.69) is 43.5 Å². The van der Waals surface area contributed by atoms with Gasteiger partial charge in [0.2, 0.25) is 5.91 Å². The summed E-state index contributed by atoms with van der Waals surface area (Å²) in [5, 5.41) is 76.4. The van der Waals surface area contributed by atoms with Gasteiger partial charge in [-0.15, -0.1) is 0 Å². The van der Waals surface area contributed by atoms with Crippen molar-refractivity contribution in [3.05, 3.63) is 24.3 Å². The van der Waals surface area contributed by atoms with Crippen molar-refractivity contribution in [3.8, 4) is 0 Å². The Hall–Kier alpha value is -1.41. The normalized spacial score (nSPS) is 19.5. The molecule has 1 rings (SSSR count). The molecule has 11 heteroatoms. The minimum Gasteiger partial charge on any atom is -0.394 e. The summed E-state index contributed by atoms with van der Waals surface area (Å²) >= 11 is 0. The van der Waals surface area contributed by atoms with Gasteiger partial charge in [-0.2, -0.15) is 0 Å². The van der Waals surface area contributed by atoms with Gasteiger partial charge in [0.1, 0.15) is 36.6 Å². The zero-order valence-corrected chi connectivity index (χ0v) is 50.9. The Balaban J connectivity index is 2.24. The summed E-state index contributed by atoms with van der Waals surface area (Å²) in [6.07, 6.45) is 58.3. The summed E-state index contributed by atoms with van der Waals surface area (Å²) in [4.78, 5) is 13.2. The molecular weight excluding hydrogens is 979 g/mol. The van der Waals surface area contributed by atoms with Crippen molar-refractivity contribution in [2.75, 3.05) is 13.2 Å². The van der Waals surface area contributed by atoms with Crippen LogP contribution in [0.15, 0.2) is 24.3 Å². The van der Waals surface area contributed by atoms with E-state index in [-0.39, 0.29) is 12.8 Å². The second-order valence-electron chi connectivity index (χ2n) is 23.9. The number of aliphatic hydroxyl groups is 7. The van der Waals surface area contributed by atoms with Crippen LogP contribution in [0.4, 0.5) is 0 Å². The van der Waals surface area contributed by atoms with Gasteiger partial charge in [0.05, 0.1) is 25.4 Å². The van der Waals surface area contributed by atoms with E-state index in [1.165, 1.54) is 231 Å². The molecule has 0 bridgehead atoms. The van der Waals surface area contributed by atoms with Crippen LogP contribution in [0.5, 0.6) is 0 Å². The molecule has 0 spiro atoms. The van der Waals surface area contributed by atoms with Crippen molar-refractivity contribution in [2.24, 2.45) is 0 Å². The van der Waals surface area contributed by atoms with Crippen LogP contribution < -0.4 is 5.32 Å². The Morgan fingerprint density at radius 1 is 0.436 bits per heavy atom. The number of allylic oxidation sites excluding steroid dienone is 4. The smallest absolute Gasteiger partial charge is 0.249 e. The lowest BCUT2D eigenvalue weighted by molar-refractivity contribution is -0.303. The molecular formula is C67H129NO10. The third kappa shape index (κ3) is 43.3. The summed E-state index contributed by atoms with van der Waals surface area (Å²) < 4.78 is 11.2. The molecule has 462 valence electrons. The Morgan fingerprint density at radius 3 is 1.10 bits per heavy atom. The van der Waals surface area contributed by atoms with Crippen molar-refractivity contribution >= 4 is 5.91 Å². The zero-order valence-electron chi connectivity index (χ0n) is 50.9. The van der Waals surface area contributed by atoms with Crippen LogP contribution in [0.3, 0.4) is 0 Å². The van der Waals surface area contributed by atoms with E-state index < -0.39 is 74.2 Å². The van der Waals surface area contributed by atoms with Crippen LogP contribution in [0.2, 0.25) is 0 Å². The maximum absolute atomic E-state index is 13.2. The topological polar surface area (TPSA) is 189 Å². The minimum absolute atomic E-state index is 0.249. The number of hydrogen-bond donors (Lipinski definition) is 8. The second-order valence-corrected chi connectivity index (χ2v) is 23.9. The van der Waals surface area contributed by atoms with E-state index in [0.717, 1.165) is 57.8 Å². The third-order valence-electron chi connectivity index (χ3n) is 16.5. The molecule has 1 heterocycles. The van der Waals surface area contributed by atoms with Gasteiger partial charge in [-0.3, -0.25) is 4.79 Å². The molecule has 11 nitrogen and oxygen atoms in total. The number of hydrogen-bond acceptors (Lipinski definition) is 10. The third-order valence-corrected chi connectivity index (χ3v) is 16.5. The van der Waals surface area contributed by atoms with Gasteiger partial charge in [-0.1, -0.05) is 289 Å². The molecule has 0 aromatic heterocycles. The Labute approximate surface area is 480 Å². The van der Waals surface area contributed by atoms with Crippen molar-refractivity contribution in [3.63, 3.8) is 0 Å². The van der Waals surface area contributed by atoms with E-state index in [4.69, 9.17) is 9.47 Å². The monoisotopic (exact) mass is 1110 g/mol. The number of carbonyl (C=O) groups excluding carboxylic acids is 1. The quantitative estimate of drug-likeness (QED) is 0.0215. The number of nitrogens with one attached hydrogen (secondary N) is 1. The van der Waals surface area contributed by atoms with E-state index in [1.54, 1.807) is 0 Å². The SMILES string of the molecule is CCCCCCCCCCCCCC/C=C\CCCCCCCCC(O)C(=O)NC(COC1OC(CO)C(O)C(O)C1O)C(O)C(O)CCC/C=C/CCCCCCCCCCCCCCCCCCCCCCCCCC. The highest BCUT2D eigenvalue weighted by Crippen LogP contribution is 2.24. The van der Waals surface area contributed by atoms with Crippen LogP contribution in [0.1, 0.15) is 328 Å². The molecule has 1 amide bonds. The first-order valence-electron chi connectivity index (χ1n) is 33.7. The van der Waals surface area contributed by atoms with Gasteiger partial charge in [0.25, 0.3) is 0 Å². The first-order valence-corrected chi connectivity index (χ1v) is 33.7. The predicted octanol–water partition coefficient (Wildman–Crippen LogP) is 15.6. The number of unbranched alkanes of at least 4 members (excludes halogenated alkanes) is 43. The lowest BCUT2D eigenvalue weighted by atomic mass is 9.98. The van der Waals surface area contributed by atoms with Crippen LogP contribution >= 0.6 is 0 Å². The van der Waals surface area contributed by atoms with Gasteiger partial charge >= 0.3 is 0 Å². The van der Waals surface area contributed by atoms with Crippen molar-refractivity contribution in [2.45, 2.75) is 384 Å². The summed E-state index contributed by atoms with van der Waals surface area (Å²) in [6.45, 7) is 3.49. The standard InChI is InChI=1S/C67H129NO10/c1-3-5-7-9-11-13-15-17-19-21-23-25-27-28-29-30-31-32-33-35-36-38-40-42-44-46-48-50-52-54-59(70)62(72)58(57-77-67-65(75)64(74)63(73)61(56-69)78-67)68-66(76)60(71)55-53-51-49-47-45-43-41-39-37-34-26-24-22-20-18-16-14-12-10-8-6-4-2/h37,39,46,48,58-65,67,69-75H,3-36,38,40-45,47,49-57H2,1-2H3,(H,68,76)/b39-37-,48-46+. The molecule has 9 atom stereocenters. The van der Waals surface area contributed by atoms with E-state index in [0.29, 0.717) is 12.8 Å². The van der Waals surface area contributed by atoms with Crippen LogP contribution in [-0.4, -0.2) is 110 Å². The highest BCUT2D eigenvalue weighted by atomic mass is 16.7. The summed E-state index contributed by atoms with van der Waals surface area (Å²) in [5.41, 5.74) is 0. The lowest BCUT2D eigenvalue weighted by Gasteiger charge is -2.40. The Morgan fingerprint density at radius 2 is 0.756 bits per heavy atom. The van der Waals surface area contributed by atoms with Crippen molar-refractivity contribution in [1.82, 2.24) is 5.32 Å². The maximum Gasteiger partial charge on any atom is 0.249 e. The number of amides is 1. The van der Waals surface area contributed by atoms with E-state index in [1.807, 2.05) is 0 Å². The summed E-state index contributed by atoms with van der Waals surface area (Å²) in [5.74, 6) is -0.706. The fourth-order valence-corrected chi connectivity index (χ4v) is 11.0. The van der Waals surface area contributed by atoms with Crippen LogP contribution in [0, 0.1) is 0 Å². The van der Waals surface area contributed by atoms with Crippen LogP contribution in [-0.2, 0) is 14.3 Å². The molecule has 0 aromatic rings. The van der Waals surface area contributed by atoms with Crippen molar-refractivity contribution < 1.29 is 50.0 Å². The number of carbonyl (C=O) groups is 1. The predicted molar refractivity (Wildman–Crippen MR) is 326 cm³/mol. The van der Waals surface area contributed by atoms with Crippen molar-refractivity contribution in [1.29, 1.82) is 0 Å². The summed E-state index contributed by atoms with van der Waals surface area (Å²) in [7, 11) is 0. The Kier molecular flexibility index (Phi) is 53.6. The highest BCUT2D eigenvalue weighted by Gasteiger charge is 2.44. The van der Waals surface area contributed by atoms with Crippen LogP contribution in [0.25, 0.3) is 0 Å². The maximum atomic E-state index is 13.2. The molecule has 1 fully saturated rings. The molecule has 0 saturated carbocycles. The first kappa shape index (κ1) is 74.6. The number of ether oxygens (including phenoxy) is 2. The average Bonchev–Trinajstić information content (AvgIpc) is 3.46. The van der Waals surface area contributed by atoms with Gasteiger partial charge in [0, 0.05) is 0 Å². The van der Waals surface area contributed by atoms with E-state index >= 15 is 0 Å². The summed E-state index contributed by atoms with van der Waals surface area (Å²) in [6, 6.07) is -1.19. The lowest BCUT2D eigenvalue weighted by Crippen LogP contribution is -2.60. The average molecular weight is 1110 g/mol. The van der Waals surface area contributed by atoms with E-state index in [9.17, 15) is 40.5 Å². The van der Waals surface area contributed by atoms with Gasteiger partial charge in [-0.05, 0) is 64.2 Å². The largest absolute Gasteiger partial charge is 0.394 e. The molecule has 78 heavy (non-hydrogen) atoms. The first-order chi connectivity index (χ1) is 38.2. The molecule has 8 N–H and O–H groups in total. The fraction of sp³-hybridized carbons (Fsp3) is 0.925. The second kappa shape index (κ2) is 56.1. The molecule has 0 aliphatic carbocycles. The molecule has 9 unspecified atom stereocenters. The highest BCUT2D eigenvalue weighted by molar-refractivity contribution is 5.80. The van der Waals surface area contributed by atoms with Gasteiger partial charge in [0.15, 0.2) is 6.29 Å². The number of aliphatic hydroxyl groups excluding tert-OH is 7. The van der Waals surface area contributed by atoms with Gasteiger partial charge < -0.3 is 50.5 Å².